The molecule has 0 aliphatic carbocycles. The summed E-state index contributed by atoms with van der Waals surface area (Å²) in [7, 11) is 1.57. The molecule has 2 aromatic carbocycles. The lowest BCUT2D eigenvalue weighted by Gasteiger charge is -2.40. The Labute approximate surface area is 232 Å². The number of hydrogen-bond donors (Lipinski definition) is 1. The van der Waals surface area contributed by atoms with E-state index in [-0.39, 0.29) is 25.7 Å². The minimum Gasteiger partial charge on any atom is -0.497 e. The highest BCUT2D eigenvalue weighted by Gasteiger charge is 2.75. The van der Waals surface area contributed by atoms with Crippen molar-refractivity contribution in [3.63, 3.8) is 0 Å². The molecular weight excluding hydrogens is 512 g/mol. The SMILES string of the molecule is COc1ccc(N2CC=C[C@]34O[C@@]5(C)C=CCOC(=O)[C@H]5[C@H]3C(=O)N([C@@H](CO)Cc3ccccc3)C4C2=O)cc1. The topological polar surface area (TPSA) is 106 Å². The number of likely N-dealkylation sites (tertiary alicyclic amines) is 1. The van der Waals surface area contributed by atoms with Gasteiger partial charge >= 0.3 is 5.97 Å². The van der Waals surface area contributed by atoms with E-state index in [0.29, 0.717) is 17.9 Å². The van der Waals surface area contributed by atoms with Gasteiger partial charge in [0.2, 0.25) is 5.91 Å². The van der Waals surface area contributed by atoms with E-state index in [4.69, 9.17) is 14.2 Å². The molecule has 1 spiro atoms. The number of fused-ring (bicyclic) bond motifs is 2. The lowest BCUT2D eigenvalue weighted by molar-refractivity contribution is -0.157. The fourth-order valence-electron chi connectivity index (χ4n) is 6.82. The fourth-order valence-corrected chi connectivity index (χ4v) is 6.82. The van der Waals surface area contributed by atoms with E-state index in [1.807, 2.05) is 36.4 Å². The monoisotopic (exact) mass is 544 g/mol. The van der Waals surface area contributed by atoms with Gasteiger partial charge in [-0.25, -0.2) is 0 Å². The molecule has 2 fully saturated rings. The highest BCUT2D eigenvalue weighted by Crippen LogP contribution is 2.57. The Morgan fingerprint density at radius 2 is 1.75 bits per heavy atom. The molecule has 9 nitrogen and oxygen atoms in total. The molecule has 4 aliphatic heterocycles. The standard InChI is InChI=1S/C31H32N2O7/c1-30-14-7-17-39-29(37)25(30)24-27(35)33(22(19-34)18-20-8-4-3-5-9-20)26-28(36)32(16-6-15-31(24,26)40-30)21-10-12-23(38-2)13-11-21/h3-15,22,24-26,34H,16-19H2,1-2H3/t22-,24+,25-,26?,30+,31+/m1/s1. The van der Waals surface area contributed by atoms with Crippen LogP contribution in [-0.2, 0) is 30.3 Å². The number of ether oxygens (including phenoxy) is 3. The molecule has 0 saturated carbocycles. The molecule has 4 heterocycles. The van der Waals surface area contributed by atoms with E-state index < -0.39 is 47.0 Å². The number of aliphatic hydroxyl groups is 1. The molecule has 208 valence electrons. The number of anilines is 1. The van der Waals surface area contributed by atoms with Crippen LogP contribution < -0.4 is 9.64 Å². The minimum absolute atomic E-state index is 0.0859. The third-order valence-corrected chi connectivity index (χ3v) is 8.55. The van der Waals surface area contributed by atoms with Crippen molar-refractivity contribution in [3.05, 3.63) is 84.5 Å². The average Bonchev–Trinajstić information content (AvgIpc) is 3.23. The van der Waals surface area contributed by atoms with E-state index in [1.54, 1.807) is 61.4 Å². The summed E-state index contributed by atoms with van der Waals surface area (Å²) < 4.78 is 17.5. The van der Waals surface area contributed by atoms with Gasteiger partial charge in [-0.2, -0.15) is 0 Å². The van der Waals surface area contributed by atoms with Gasteiger partial charge in [-0.15, -0.1) is 0 Å². The quantitative estimate of drug-likeness (QED) is 0.440. The van der Waals surface area contributed by atoms with Crippen LogP contribution in [0, 0.1) is 11.8 Å². The zero-order valence-electron chi connectivity index (χ0n) is 22.4. The number of esters is 1. The molecule has 9 heteroatoms. The zero-order chi connectivity index (χ0) is 28.1. The van der Waals surface area contributed by atoms with Gasteiger partial charge in [-0.05, 0) is 49.2 Å². The van der Waals surface area contributed by atoms with Crippen LogP contribution in [-0.4, -0.2) is 77.9 Å². The van der Waals surface area contributed by atoms with Gasteiger partial charge in [0.25, 0.3) is 5.91 Å². The Balaban J connectivity index is 1.48. The van der Waals surface area contributed by atoms with Crippen molar-refractivity contribution in [1.82, 2.24) is 4.90 Å². The first-order chi connectivity index (χ1) is 19.3. The van der Waals surface area contributed by atoms with Crippen LogP contribution in [0.5, 0.6) is 5.75 Å². The number of rotatable bonds is 6. The van der Waals surface area contributed by atoms with Crippen molar-refractivity contribution in [2.24, 2.45) is 11.8 Å². The maximum atomic E-state index is 14.6. The molecule has 6 atom stereocenters. The highest BCUT2D eigenvalue weighted by atomic mass is 16.6. The predicted molar refractivity (Wildman–Crippen MR) is 145 cm³/mol. The number of carbonyl (C=O) groups is 3. The van der Waals surface area contributed by atoms with Gasteiger partial charge in [0.1, 0.15) is 29.9 Å². The molecule has 40 heavy (non-hydrogen) atoms. The summed E-state index contributed by atoms with van der Waals surface area (Å²) in [6, 6.07) is 14.8. The number of hydrogen-bond acceptors (Lipinski definition) is 7. The number of aliphatic hydroxyl groups excluding tert-OH is 1. The molecular formula is C31H32N2O7. The van der Waals surface area contributed by atoms with Crippen molar-refractivity contribution in [1.29, 1.82) is 0 Å². The van der Waals surface area contributed by atoms with Gasteiger partial charge in [-0.1, -0.05) is 48.6 Å². The number of amides is 2. The molecule has 2 amide bonds. The molecule has 2 saturated heterocycles. The second-order valence-corrected chi connectivity index (χ2v) is 10.9. The van der Waals surface area contributed by atoms with Crippen molar-refractivity contribution < 1.29 is 33.7 Å². The van der Waals surface area contributed by atoms with E-state index in [2.05, 4.69) is 0 Å². The van der Waals surface area contributed by atoms with Crippen LogP contribution >= 0.6 is 0 Å². The van der Waals surface area contributed by atoms with E-state index in [0.717, 1.165) is 5.56 Å². The lowest BCUT2D eigenvalue weighted by Crippen LogP contribution is -2.59. The maximum absolute atomic E-state index is 14.6. The molecule has 1 N–H and O–H groups in total. The van der Waals surface area contributed by atoms with Crippen molar-refractivity contribution in [3.8, 4) is 5.75 Å². The van der Waals surface area contributed by atoms with Crippen LogP contribution in [0.25, 0.3) is 0 Å². The number of carbonyl (C=O) groups excluding carboxylic acids is 3. The van der Waals surface area contributed by atoms with E-state index in [1.165, 1.54) is 4.90 Å². The summed E-state index contributed by atoms with van der Waals surface area (Å²) in [4.78, 5) is 45.4. The summed E-state index contributed by atoms with van der Waals surface area (Å²) in [5.74, 6) is -2.60. The Hall–Kier alpha value is -3.95. The summed E-state index contributed by atoms with van der Waals surface area (Å²) in [6.45, 7) is 1.72. The van der Waals surface area contributed by atoms with Crippen molar-refractivity contribution >= 4 is 23.5 Å². The molecule has 2 aromatic rings. The van der Waals surface area contributed by atoms with Crippen LogP contribution in [0.4, 0.5) is 5.69 Å². The van der Waals surface area contributed by atoms with E-state index in [9.17, 15) is 19.5 Å². The zero-order valence-corrected chi connectivity index (χ0v) is 22.4. The Kier molecular flexibility index (Phi) is 6.51. The molecule has 6 rings (SSSR count). The molecule has 0 radical (unpaired) electrons. The summed E-state index contributed by atoms with van der Waals surface area (Å²) >= 11 is 0. The number of nitrogens with zero attached hydrogens (tertiary/aromatic N) is 2. The summed E-state index contributed by atoms with van der Waals surface area (Å²) in [5.41, 5.74) is -1.04. The maximum Gasteiger partial charge on any atom is 0.313 e. The van der Waals surface area contributed by atoms with Gasteiger partial charge in [0.15, 0.2) is 0 Å². The van der Waals surface area contributed by atoms with E-state index >= 15 is 0 Å². The largest absolute Gasteiger partial charge is 0.497 e. The summed E-state index contributed by atoms with van der Waals surface area (Å²) in [5, 5.41) is 10.6. The third kappa shape index (κ3) is 3.95. The first kappa shape index (κ1) is 26.3. The minimum atomic E-state index is -1.43. The van der Waals surface area contributed by atoms with Crippen LogP contribution in [0.3, 0.4) is 0 Å². The average molecular weight is 545 g/mol. The number of cyclic esters (lactones) is 1. The fraction of sp³-hybridized carbons (Fsp3) is 0.387. The first-order valence-corrected chi connectivity index (χ1v) is 13.5. The van der Waals surface area contributed by atoms with Gasteiger partial charge in [0, 0.05) is 12.2 Å². The summed E-state index contributed by atoms with van der Waals surface area (Å²) in [6.07, 6.45) is 7.40. The Morgan fingerprint density at radius 1 is 1.00 bits per heavy atom. The first-order valence-electron chi connectivity index (χ1n) is 13.5. The Morgan fingerprint density at radius 3 is 2.45 bits per heavy atom. The third-order valence-electron chi connectivity index (χ3n) is 8.55. The van der Waals surface area contributed by atoms with Crippen LogP contribution in [0.1, 0.15) is 12.5 Å². The van der Waals surface area contributed by atoms with Gasteiger partial charge < -0.3 is 29.1 Å². The second-order valence-electron chi connectivity index (χ2n) is 10.9. The molecule has 0 aromatic heterocycles. The van der Waals surface area contributed by atoms with Gasteiger partial charge in [-0.3, -0.25) is 14.4 Å². The number of methoxy groups -OCH3 is 1. The smallest absolute Gasteiger partial charge is 0.313 e. The normalized spacial score (nSPS) is 31.7. The van der Waals surface area contributed by atoms with Crippen molar-refractivity contribution in [2.45, 2.75) is 36.6 Å². The van der Waals surface area contributed by atoms with Crippen LogP contribution in [0.15, 0.2) is 78.9 Å². The number of benzene rings is 2. The van der Waals surface area contributed by atoms with Crippen LogP contribution in [0.2, 0.25) is 0 Å². The van der Waals surface area contributed by atoms with Gasteiger partial charge in [0.05, 0.1) is 31.3 Å². The molecule has 0 bridgehead atoms. The lowest BCUT2D eigenvalue weighted by atomic mass is 9.75. The molecule has 1 unspecified atom stereocenters. The Bertz CT molecular complexity index is 1370. The highest BCUT2D eigenvalue weighted by molar-refractivity contribution is 6.05. The van der Waals surface area contributed by atoms with Crippen molar-refractivity contribution in [2.75, 3.05) is 31.8 Å². The predicted octanol–water partition coefficient (Wildman–Crippen LogP) is 2.29. The molecule has 4 aliphatic rings. The second kappa shape index (κ2) is 9.91.